The van der Waals surface area contributed by atoms with E-state index in [0.29, 0.717) is 0 Å². The van der Waals surface area contributed by atoms with Crippen molar-refractivity contribution < 1.29 is 4.79 Å². The Labute approximate surface area is 128 Å². The second-order valence-electron chi connectivity index (χ2n) is 5.24. The van der Waals surface area contributed by atoms with Gasteiger partial charge in [-0.25, -0.2) is 0 Å². The normalized spacial score (nSPS) is 23.2. The third-order valence-electron chi connectivity index (χ3n) is 3.88. The van der Waals surface area contributed by atoms with E-state index in [2.05, 4.69) is 15.9 Å². The topological polar surface area (TPSA) is 20.3 Å². The lowest BCUT2D eigenvalue weighted by molar-refractivity contribution is 0.0699. The molecule has 0 heterocycles. The van der Waals surface area contributed by atoms with E-state index in [1.165, 1.54) is 6.42 Å². The summed E-state index contributed by atoms with van der Waals surface area (Å²) in [5.41, 5.74) is 1.76. The minimum Gasteiger partial charge on any atom is -0.337 e. The molecule has 0 aromatic heterocycles. The first kappa shape index (κ1) is 14.9. The zero-order valence-electron chi connectivity index (χ0n) is 11.3. The maximum Gasteiger partial charge on any atom is 0.254 e. The number of amides is 1. The SMILES string of the molecule is Cc1cc(Br)ccc1C(=O)N(C)C1CCCCC1Cl. The molecule has 0 N–H and O–H groups in total. The molecule has 1 saturated carbocycles. The van der Waals surface area contributed by atoms with E-state index in [4.69, 9.17) is 11.6 Å². The second kappa shape index (κ2) is 6.27. The smallest absolute Gasteiger partial charge is 0.254 e. The summed E-state index contributed by atoms with van der Waals surface area (Å²) >= 11 is 9.80. The van der Waals surface area contributed by atoms with Gasteiger partial charge in [-0.05, 0) is 43.5 Å². The van der Waals surface area contributed by atoms with Crippen LogP contribution in [0, 0.1) is 6.92 Å². The fraction of sp³-hybridized carbons (Fsp3) is 0.533. The van der Waals surface area contributed by atoms with Crippen LogP contribution in [0.3, 0.4) is 0 Å². The van der Waals surface area contributed by atoms with Crippen LogP contribution in [-0.2, 0) is 0 Å². The van der Waals surface area contributed by atoms with E-state index in [1.807, 2.05) is 37.1 Å². The predicted molar refractivity (Wildman–Crippen MR) is 82.9 cm³/mol. The van der Waals surface area contributed by atoms with Crippen LogP contribution < -0.4 is 0 Å². The van der Waals surface area contributed by atoms with Crippen LogP contribution in [0.2, 0.25) is 0 Å². The van der Waals surface area contributed by atoms with Crippen LogP contribution >= 0.6 is 27.5 Å². The number of rotatable bonds is 2. The van der Waals surface area contributed by atoms with Crippen LogP contribution in [0.25, 0.3) is 0 Å². The molecule has 0 bridgehead atoms. The van der Waals surface area contributed by atoms with Gasteiger partial charge in [-0.15, -0.1) is 11.6 Å². The molecule has 0 radical (unpaired) electrons. The van der Waals surface area contributed by atoms with E-state index in [0.717, 1.165) is 34.9 Å². The summed E-state index contributed by atoms with van der Waals surface area (Å²) in [6.07, 6.45) is 4.34. The van der Waals surface area contributed by atoms with Crippen molar-refractivity contribution in [1.82, 2.24) is 4.90 Å². The molecule has 1 fully saturated rings. The minimum atomic E-state index is 0.0718. The Balaban J connectivity index is 2.18. The Bertz CT molecular complexity index is 477. The molecule has 19 heavy (non-hydrogen) atoms. The molecule has 0 aliphatic heterocycles. The van der Waals surface area contributed by atoms with Gasteiger partial charge in [0.15, 0.2) is 0 Å². The molecule has 2 unspecified atom stereocenters. The third-order valence-corrected chi connectivity index (χ3v) is 4.89. The number of benzene rings is 1. The van der Waals surface area contributed by atoms with E-state index in [1.54, 1.807) is 0 Å². The Morgan fingerprint density at radius 1 is 1.37 bits per heavy atom. The number of hydrogen-bond donors (Lipinski definition) is 0. The lowest BCUT2D eigenvalue weighted by atomic mass is 9.93. The summed E-state index contributed by atoms with van der Waals surface area (Å²) in [7, 11) is 1.87. The lowest BCUT2D eigenvalue weighted by Crippen LogP contribution is -2.44. The van der Waals surface area contributed by atoms with Crippen molar-refractivity contribution in [3.05, 3.63) is 33.8 Å². The van der Waals surface area contributed by atoms with Gasteiger partial charge in [-0.3, -0.25) is 4.79 Å². The molecule has 2 rings (SSSR count). The fourth-order valence-corrected chi connectivity index (χ4v) is 3.63. The Morgan fingerprint density at radius 2 is 2.05 bits per heavy atom. The zero-order valence-corrected chi connectivity index (χ0v) is 13.7. The van der Waals surface area contributed by atoms with Gasteiger partial charge in [0.1, 0.15) is 0 Å². The van der Waals surface area contributed by atoms with Crippen molar-refractivity contribution in [1.29, 1.82) is 0 Å². The van der Waals surface area contributed by atoms with Crippen molar-refractivity contribution in [3.63, 3.8) is 0 Å². The van der Waals surface area contributed by atoms with E-state index in [-0.39, 0.29) is 17.3 Å². The predicted octanol–water partition coefficient (Wildman–Crippen LogP) is 4.38. The monoisotopic (exact) mass is 343 g/mol. The molecule has 1 aromatic carbocycles. The third kappa shape index (κ3) is 3.32. The second-order valence-corrected chi connectivity index (χ2v) is 6.72. The van der Waals surface area contributed by atoms with Crippen LogP contribution in [-0.4, -0.2) is 29.3 Å². The number of alkyl halides is 1. The molecular weight excluding hydrogens is 326 g/mol. The highest BCUT2D eigenvalue weighted by atomic mass is 79.9. The first-order chi connectivity index (χ1) is 9.00. The van der Waals surface area contributed by atoms with Gasteiger partial charge in [-0.2, -0.15) is 0 Å². The van der Waals surface area contributed by atoms with Crippen molar-refractivity contribution in [2.75, 3.05) is 7.05 Å². The maximum atomic E-state index is 12.6. The Morgan fingerprint density at radius 3 is 2.68 bits per heavy atom. The molecular formula is C15H19BrClNO. The van der Waals surface area contributed by atoms with Crippen LogP contribution in [0.5, 0.6) is 0 Å². The summed E-state index contributed by atoms with van der Waals surface area (Å²) in [5, 5.41) is 0.0819. The van der Waals surface area contributed by atoms with Crippen LogP contribution in [0.4, 0.5) is 0 Å². The number of halogens is 2. The molecule has 0 saturated heterocycles. The number of aryl methyl sites for hydroxylation is 1. The summed E-state index contributed by atoms with van der Waals surface area (Å²) in [4.78, 5) is 14.4. The van der Waals surface area contributed by atoms with Crippen LogP contribution in [0.1, 0.15) is 41.6 Å². The molecule has 1 amide bonds. The lowest BCUT2D eigenvalue weighted by Gasteiger charge is -2.35. The van der Waals surface area contributed by atoms with E-state index >= 15 is 0 Å². The molecule has 2 atom stereocenters. The highest BCUT2D eigenvalue weighted by molar-refractivity contribution is 9.10. The van der Waals surface area contributed by atoms with Gasteiger partial charge < -0.3 is 4.90 Å². The number of nitrogens with zero attached hydrogens (tertiary/aromatic N) is 1. The van der Waals surface area contributed by atoms with Crippen molar-refractivity contribution >= 4 is 33.4 Å². The van der Waals surface area contributed by atoms with Crippen molar-refractivity contribution in [2.45, 2.75) is 44.0 Å². The molecule has 2 nitrogen and oxygen atoms in total. The Kier molecular flexibility index (Phi) is 4.91. The number of hydrogen-bond acceptors (Lipinski definition) is 1. The average molecular weight is 345 g/mol. The molecule has 1 aromatic rings. The van der Waals surface area contributed by atoms with Crippen molar-refractivity contribution in [2.24, 2.45) is 0 Å². The summed E-state index contributed by atoms with van der Waals surface area (Å²) in [5.74, 6) is 0.0718. The van der Waals surface area contributed by atoms with Crippen molar-refractivity contribution in [3.8, 4) is 0 Å². The molecule has 104 valence electrons. The standard InChI is InChI=1S/C15H19BrClNO/c1-10-9-11(16)7-8-12(10)15(19)18(2)14-6-4-3-5-13(14)17/h7-9,13-14H,3-6H2,1-2H3. The first-order valence-electron chi connectivity index (χ1n) is 6.68. The number of carbonyl (C=O) groups excluding carboxylic acids is 1. The minimum absolute atomic E-state index is 0.0718. The quantitative estimate of drug-likeness (QED) is 0.729. The van der Waals surface area contributed by atoms with Gasteiger partial charge in [0, 0.05) is 23.1 Å². The highest BCUT2D eigenvalue weighted by Gasteiger charge is 2.30. The highest BCUT2D eigenvalue weighted by Crippen LogP contribution is 2.28. The van der Waals surface area contributed by atoms with Gasteiger partial charge in [0.25, 0.3) is 5.91 Å². The van der Waals surface area contributed by atoms with Gasteiger partial charge >= 0.3 is 0 Å². The zero-order chi connectivity index (χ0) is 14.0. The number of carbonyl (C=O) groups is 1. The van der Waals surface area contributed by atoms with Crippen LogP contribution in [0.15, 0.2) is 22.7 Å². The molecule has 4 heteroatoms. The molecule has 1 aliphatic carbocycles. The molecule has 1 aliphatic rings. The summed E-state index contributed by atoms with van der Waals surface area (Å²) < 4.78 is 0.997. The average Bonchev–Trinajstić information content (AvgIpc) is 2.38. The van der Waals surface area contributed by atoms with E-state index in [9.17, 15) is 4.79 Å². The van der Waals surface area contributed by atoms with Gasteiger partial charge in [-0.1, -0.05) is 28.8 Å². The Hall–Kier alpha value is -0.540. The maximum absolute atomic E-state index is 12.6. The summed E-state index contributed by atoms with van der Waals surface area (Å²) in [6, 6.07) is 5.92. The van der Waals surface area contributed by atoms with Gasteiger partial charge in [0.2, 0.25) is 0 Å². The fourth-order valence-electron chi connectivity index (χ4n) is 2.71. The first-order valence-corrected chi connectivity index (χ1v) is 7.91. The molecule has 0 spiro atoms. The van der Waals surface area contributed by atoms with Gasteiger partial charge in [0.05, 0.1) is 5.38 Å². The van der Waals surface area contributed by atoms with E-state index < -0.39 is 0 Å². The summed E-state index contributed by atoms with van der Waals surface area (Å²) in [6.45, 7) is 1.96. The largest absolute Gasteiger partial charge is 0.337 e.